The maximum Gasteiger partial charge on any atom is 0.273 e. The molecule has 0 heterocycles. The van der Waals surface area contributed by atoms with Gasteiger partial charge in [0.1, 0.15) is 0 Å². The molecule has 0 saturated heterocycles. The number of para-hydroxylation sites is 1. The van der Waals surface area contributed by atoms with Crippen LogP contribution >= 0.6 is 0 Å². The molecule has 0 radical (unpaired) electrons. The van der Waals surface area contributed by atoms with Crippen molar-refractivity contribution in [2.24, 2.45) is 5.73 Å². The molecule has 80 valence electrons. The topological polar surface area (TPSA) is 86.2 Å². The Labute approximate surface area is 87.0 Å². The summed E-state index contributed by atoms with van der Waals surface area (Å²) in [7, 11) is 0. The minimum absolute atomic E-state index is 0.0526. The highest BCUT2D eigenvalue weighted by Crippen LogP contribution is 2.28. The quantitative estimate of drug-likeness (QED) is 0.601. The molecule has 15 heavy (non-hydrogen) atoms. The number of nitrogens with zero attached hydrogens (tertiary/aromatic N) is 1. The highest BCUT2D eigenvalue weighted by Gasteiger charge is 2.23. The van der Waals surface area contributed by atoms with Gasteiger partial charge in [-0.15, -0.1) is 0 Å². The third-order valence-electron chi connectivity index (χ3n) is 2.26. The number of carbonyl (C=O) groups excluding carboxylic acids is 1. The number of carbonyl (C=O) groups is 1. The number of rotatable bonds is 4. The van der Waals surface area contributed by atoms with E-state index >= 15 is 0 Å². The second-order valence-corrected chi connectivity index (χ2v) is 3.18. The molecular formula is C10H12N2O3. The molecule has 1 aromatic carbocycles. The molecule has 0 fully saturated rings. The van der Waals surface area contributed by atoms with Crippen LogP contribution in [0.15, 0.2) is 24.3 Å². The van der Waals surface area contributed by atoms with Crippen LogP contribution in [-0.4, -0.2) is 10.8 Å². The van der Waals surface area contributed by atoms with Gasteiger partial charge >= 0.3 is 0 Å². The Balaban J connectivity index is 3.22. The van der Waals surface area contributed by atoms with E-state index in [9.17, 15) is 14.9 Å². The number of primary amides is 1. The van der Waals surface area contributed by atoms with E-state index < -0.39 is 16.7 Å². The molecule has 0 spiro atoms. The minimum Gasteiger partial charge on any atom is -0.369 e. The van der Waals surface area contributed by atoms with Gasteiger partial charge in [0, 0.05) is 11.6 Å². The molecule has 1 unspecified atom stereocenters. The van der Waals surface area contributed by atoms with Gasteiger partial charge in [-0.2, -0.15) is 0 Å². The van der Waals surface area contributed by atoms with Crippen molar-refractivity contribution in [2.45, 2.75) is 19.3 Å². The molecular weight excluding hydrogens is 196 g/mol. The monoisotopic (exact) mass is 208 g/mol. The summed E-state index contributed by atoms with van der Waals surface area (Å²) in [5, 5.41) is 10.7. The van der Waals surface area contributed by atoms with Gasteiger partial charge in [0.05, 0.1) is 10.8 Å². The van der Waals surface area contributed by atoms with Crippen molar-refractivity contribution in [1.29, 1.82) is 0 Å². The normalized spacial score (nSPS) is 12.1. The van der Waals surface area contributed by atoms with E-state index in [4.69, 9.17) is 5.73 Å². The van der Waals surface area contributed by atoms with E-state index in [0.717, 1.165) is 0 Å². The molecule has 5 nitrogen and oxygen atoms in total. The van der Waals surface area contributed by atoms with Gasteiger partial charge in [0.25, 0.3) is 5.69 Å². The second-order valence-electron chi connectivity index (χ2n) is 3.18. The molecule has 0 bridgehead atoms. The molecule has 1 aromatic rings. The number of hydrogen-bond donors (Lipinski definition) is 1. The number of nitro benzene ring substituents is 1. The molecule has 0 saturated carbocycles. The summed E-state index contributed by atoms with van der Waals surface area (Å²) in [6.07, 6.45) is 0.459. The zero-order chi connectivity index (χ0) is 11.4. The second kappa shape index (κ2) is 4.54. The molecule has 0 aliphatic carbocycles. The van der Waals surface area contributed by atoms with Gasteiger partial charge in [-0.05, 0) is 6.42 Å². The number of amides is 1. The van der Waals surface area contributed by atoms with Crippen LogP contribution in [0, 0.1) is 10.1 Å². The Morgan fingerprint density at radius 2 is 2.13 bits per heavy atom. The van der Waals surface area contributed by atoms with Gasteiger partial charge in [-0.25, -0.2) is 0 Å². The maximum atomic E-state index is 11.1. The Morgan fingerprint density at radius 3 is 2.60 bits per heavy atom. The first-order valence-corrected chi connectivity index (χ1v) is 4.60. The molecule has 2 N–H and O–H groups in total. The van der Waals surface area contributed by atoms with Gasteiger partial charge in [-0.3, -0.25) is 14.9 Å². The summed E-state index contributed by atoms with van der Waals surface area (Å²) in [4.78, 5) is 21.3. The predicted octanol–water partition coefficient (Wildman–Crippen LogP) is 1.57. The zero-order valence-corrected chi connectivity index (χ0v) is 8.34. The summed E-state index contributed by atoms with van der Waals surface area (Å²) in [5.41, 5.74) is 5.52. The fourth-order valence-corrected chi connectivity index (χ4v) is 1.52. The van der Waals surface area contributed by atoms with Crippen molar-refractivity contribution in [3.05, 3.63) is 39.9 Å². The van der Waals surface area contributed by atoms with Crippen LogP contribution in [0.2, 0.25) is 0 Å². The third-order valence-corrected chi connectivity index (χ3v) is 2.26. The molecule has 1 rings (SSSR count). The third kappa shape index (κ3) is 2.31. The van der Waals surface area contributed by atoms with Crippen LogP contribution in [0.1, 0.15) is 24.8 Å². The van der Waals surface area contributed by atoms with Crippen molar-refractivity contribution in [3.63, 3.8) is 0 Å². The fraction of sp³-hybridized carbons (Fsp3) is 0.300. The summed E-state index contributed by atoms with van der Waals surface area (Å²) < 4.78 is 0. The van der Waals surface area contributed by atoms with E-state index in [2.05, 4.69) is 0 Å². The van der Waals surface area contributed by atoms with Gasteiger partial charge < -0.3 is 5.73 Å². The van der Waals surface area contributed by atoms with Gasteiger partial charge in [0.15, 0.2) is 0 Å². The molecule has 1 atom stereocenters. The lowest BCUT2D eigenvalue weighted by atomic mass is 9.94. The lowest BCUT2D eigenvalue weighted by Gasteiger charge is -2.10. The van der Waals surface area contributed by atoms with Crippen LogP contribution < -0.4 is 5.73 Å². The first kappa shape index (κ1) is 11.2. The lowest BCUT2D eigenvalue weighted by molar-refractivity contribution is -0.385. The van der Waals surface area contributed by atoms with Crippen LogP contribution in [-0.2, 0) is 4.79 Å². The number of hydrogen-bond acceptors (Lipinski definition) is 3. The average molecular weight is 208 g/mol. The Kier molecular flexibility index (Phi) is 3.38. The molecule has 5 heteroatoms. The Hall–Kier alpha value is -1.91. The first-order valence-electron chi connectivity index (χ1n) is 4.60. The standard InChI is InChI=1S/C10H12N2O3/c1-2-7(10(11)13)8-5-3-4-6-9(8)12(14)15/h3-7H,2H2,1H3,(H2,11,13). The van der Waals surface area contributed by atoms with Gasteiger partial charge in [0.2, 0.25) is 5.91 Å². The molecule has 0 aliphatic rings. The zero-order valence-electron chi connectivity index (χ0n) is 8.34. The summed E-state index contributed by atoms with van der Waals surface area (Å²) in [5.74, 6) is -1.13. The predicted molar refractivity (Wildman–Crippen MR) is 55.3 cm³/mol. The lowest BCUT2D eigenvalue weighted by Crippen LogP contribution is -2.21. The molecule has 0 aliphatic heterocycles. The van der Waals surface area contributed by atoms with E-state index in [0.29, 0.717) is 12.0 Å². The number of benzene rings is 1. The maximum absolute atomic E-state index is 11.1. The van der Waals surface area contributed by atoms with Crippen LogP contribution in [0.4, 0.5) is 5.69 Å². The molecule has 0 aromatic heterocycles. The Morgan fingerprint density at radius 1 is 1.53 bits per heavy atom. The number of nitrogens with two attached hydrogens (primary N) is 1. The fourth-order valence-electron chi connectivity index (χ4n) is 1.52. The smallest absolute Gasteiger partial charge is 0.273 e. The summed E-state index contributed by atoms with van der Waals surface area (Å²) >= 11 is 0. The first-order chi connectivity index (χ1) is 7.07. The van der Waals surface area contributed by atoms with Crippen molar-refractivity contribution in [3.8, 4) is 0 Å². The summed E-state index contributed by atoms with van der Waals surface area (Å²) in [6, 6.07) is 6.17. The Bertz CT molecular complexity index is 390. The largest absolute Gasteiger partial charge is 0.369 e. The van der Waals surface area contributed by atoms with Crippen LogP contribution in [0.25, 0.3) is 0 Å². The van der Waals surface area contributed by atoms with Crippen molar-refractivity contribution < 1.29 is 9.72 Å². The van der Waals surface area contributed by atoms with Gasteiger partial charge in [-0.1, -0.05) is 25.1 Å². The number of nitro groups is 1. The highest BCUT2D eigenvalue weighted by atomic mass is 16.6. The van der Waals surface area contributed by atoms with E-state index in [-0.39, 0.29) is 5.69 Å². The van der Waals surface area contributed by atoms with Crippen LogP contribution in [0.3, 0.4) is 0 Å². The van der Waals surface area contributed by atoms with Crippen molar-refractivity contribution in [2.75, 3.05) is 0 Å². The minimum atomic E-state index is -0.591. The van der Waals surface area contributed by atoms with E-state index in [1.807, 2.05) is 0 Å². The average Bonchev–Trinajstić information content (AvgIpc) is 2.18. The van der Waals surface area contributed by atoms with Crippen molar-refractivity contribution in [1.82, 2.24) is 0 Å². The van der Waals surface area contributed by atoms with E-state index in [1.54, 1.807) is 25.1 Å². The SMILES string of the molecule is CCC(C(N)=O)c1ccccc1[N+](=O)[O-]. The summed E-state index contributed by atoms with van der Waals surface area (Å²) in [6.45, 7) is 1.77. The molecule has 1 amide bonds. The van der Waals surface area contributed by atoms with E-state index in [1.165, 1.54) is 6.07 Å². The highest BCUT2D eigenvalue weighted by molar-refractivity contribution is 5.83. The van der Waals surface area contributed by atoms with Crippen LogP contribution in [0.5, 0.6) is 0 Å². The van der Waals surface area contributed by atoms with Crippen molar-refractivity contribution >= 4 is 11.6 Å².